The summed E-state index contributed by atoms with van der Waals surface area (Å²) >= 11 is 0. The number of rotatable bonds is 3. The van der Waals surface area contributed by atoms with Crippen LogP contribution in [0.15, 0.2) is 0 Å². The fraction of sp³-hybridized carbons (Fsp3) is 0.600. The first-order chi connectivity index (χ1) is 7.30. The maximum absolute atomic E-state index is 11.3. The van der Waals surface area contributed by atoms with Gasteiger partial charge in [0, 0.05) is 6.42 Å². The first-order valence-electron chi connectivity index (χ1n) is 4.73. The quantitative estimate of drug-likeness (QED) is 0.271. The van der Waals surface area contributed by atoms with E-state index in [0.29, 0.717) is 0 Å². The molecule has 1 unspecified atom stereocenters. The highest BCUT2D eigenvalue weighted by Gasteiger charge is 2.22. The van der Waals surface area contributed by atoms with Crippen LogP contribution in [-0.2, 0) is 9.53 Å². The molecule has 0 rings (SSSR count). The van der Waals surface area contributed by atoms with Gasteiger partial charge in [-0.05, 0) is 20.8 Å². The Kier molecular flexibility index (Phi) is 5.33. The van der Waals surface area contributed by atoms with Crippen molar-refractivity contribution < 1.29 is 14.3 Å². The second-order valence-electron chi connectivity index (χ2n) is 4.12. The lowest BCUT2D eigenvalue weighted by Crippen LogP contribution is -2.49. The van der Waals surface area contributed by atoms with Gasteiger partial charge in [0.1, 0.15) is 11.6 Å². The molecule has 0 radical (unpaired) electrons. The lowest BCUT2D eigenvalue weighted by molar-refractivity contribution is -0.123. The van der Waals surface area contributed by atoms with Gasteiger partial charge in [-0.15, -0.1) is 12.3 Å². The molecule has 0 aromatic rings. The molecule has 0 aromatic carbocycles. The van der Waals surface area contributed by atoms with Crippen molar-refractivity contribution >= 4 is 12.0 Å². The highest BCUT2D eigenvalue weighted by atomic mass is 16.6. The molecule has 2 amide bonds. The summed E-state index contributed by atoms with van der Waals surface area (Å²) in [4.78, 5) is 22.5. The van der Waals surface area contributed by atoms with Gasteiger partial charge in [-0.1, -0.05) is 0 Å². The number of nitrogens with one attached hydrogen (secondary N) is 2. The Labute approximate surface area is 94.9 Å². The molecule has 0 aliphatic heterocycles. The highest BCUT2D eigenvalue weighted by Crippen LogP contribution is 2.07. The second-order valence-corrected chi connectivity index (χ2v) is 4.12. The fourth-order valence-corrected chi connectivity index (χ4v) is 0.878. The van der Waals surface area contributed by atoms with Crippen LogP contribution >= 0.6 is 0 Å². The average Bonchev–Trinajstić information content (AvgIpc) is 2.13. The van der Waals surface area contributed by atoms with E-state index in [1.165, 1.54) is 0 Å². The van der Waals surface area contributed by atoms with E-state index in [9.17, 15) is 9.59 Å². The third-order valence-electron chi connectivity index (χ3n) is 1.47. The van der Waals surface area contributed by atoms with Gasteiger partial charge in [0.05, 0.1) is 0 Å². The maximum Gasteiger partial charge on any atom is 0.408 e. The van der Waals surface area contributed by atoms with E-state index in [-0.39, 0.29) is 6.42 Å². The number of carbonyl (C=O) groups excluding carboxylic acids is 2. The molecule has 0 aliphatic rings. The van der Waals surface area contributed by atoms with E-state index < -0.39 is 23.6 Å². The first kappa shape index (κ1) is 14.3. The Balaban J connectivity index is 4.36. The van der Waals surface area contributed by atoms with Gasteiger partial charge >= 0.3 is 6.09 Å². The molecule has 1 atom stereocenters. The number of ether oxygens (including phenoxy) is 1. The third kappa shape index (κ3) is 5.88. The Morgan fingerprint density at radius 1 is 1.50 bits per heavy atom. The van der Waals surface area contributed by atoms with E-state index in [0.717, 1.165) is 0 Å². The zero-order valence-electron chi connectivity index (χ0n) is 9.66. The van der Waals surface area contributed by atoms with Gasteiger partial charge in [0.2, 0.25) is 0 Å². The van der Waals surface area contributed by atoms with Gasteiger partial charge in [0.15, 0.2) is 0 Å². The molecule has 90 valence electrons. The topological polar surface area (TPSA) is 93.4 Å². The van der Waals surface area contributed by atoms with E-state index >= 15 is 0 Å². The molecule has 0 fully saturated rings. The van der Waals surface area contributed by atoms with E-state index in [2.05, 4.69) is 11.2 Å². The Morgan fingerprint density at radius 2 is 2.06 bits per heavy atom. The highest BCUT2D eigenvalue weighted by molar-refractivity contribution is 5.85. The first-order valence-corrected chi connectivity index (χ1v) is 4.73. The summed E-state index contributed by atoms with van der Waals surface area (Å²) in [6.07, 6.45) is 4.39. The minimum Gasteiger partial charge on any atom is -0.444 e. The maximum atomic E-state index is 11.3. The lowest BCUT2D eigenvalue weighted by atomic mass is 10.2. The fourth-order valence-electron chi connectivity index (χ4n) is 0.878. The molecule has 0 saturated carbocycles. The van der Waals surface area contributed by atoms with Crippen molar-refractivity contribution in [2.45, 2.75) is 38.8 Å². The van der Waals surface area contributed by atoms with Crippen molar-refractivity contribution in [2.24, 2.45) is 5.84 Å². The molecule has 6 heteroatoms. The van der Waals surface area contributed by atoms with Gasteiger partial charge < -0.3 is 10.1 Å². The minimum absolute atomic E-state index is 0.0439. The number of nitrogens with two attached hydrogens (primary N) is 1. The summed E-state index contributed by atoms with van der Waals surface area (Å²) in [7, 11) is 0. The second kappa shape index (κ2) is 5.98. The number of amides is 2. The third-order valence-corrected chi connectivity index (χ3v) is 1.47. The van der Waals surface area contributed by atoms with Crippen LogP contribution in [0.3, 0.4) is 0 Å². The number of terminal acetylenes is 1. The Morgan fingerprint density at radius 3 is 2.44 bits per heavy atom. The zero-order valence-corrected chi connectivity index (χ0v) is 9.66. The van der Waals surface area contributed by atoms with Crippen molar-refractivity contribution in [3.63, 3.8) is 0 Å². The van der Waals surface area contributed by atoms with Gasteiger partial charge in [0.25, 0.3) is 5.91 Å². The van der Waals surface area contributed by atoms with Crippen LogP contribution in [0.5, 0.6) is 0 Å². The monoisotopic (exact) mass is 227 g/mol. The summed E-state index contributed by atoms with van der Waals surface area (Å²) in [6.45, 7) is 5.14. The molecule has 0 spiro atoms. The van der Waals surface area contributed by atoms with Crippen LogP contribution in [0.25, 0.3) is 0 Å². The molecule has 0 saturated heterocycles. The van der Waals surface area contributed by atoms with Crippen LogP contribution in [0, 0.1) is 12.3 Å². The molecule has 0 heterocycles. The van der Waals surface area contributed by atoms with Crippen molar-refractivity contribution in [3.05, 3.63) is 0 Å². The van der Waals surface area contributed by atoms with E-state index in [1.807, 2.05) is 5.43 Å². The predicted molar refractivity (Wildman–Crippen MR) is 58.9 cm³/mol. The van der Waals surface area contributed by atoms with Gasteiger partial charge in [-0.3, -0.25) is 10.2 Å². The van der Waals surface area contributed by atoms with Crippen molar-refractivity contribution in [2.75, 3.05) is 0 Å². The van der Waals surface area contributed by atoms with Crippen LogP contribution in [0.2, 0.25) is 0 Å². The standard InChI is InChI=1S/C10H17N3O3/c1-5-6-7(8(14)13-11)12-9(15)16-10(2,3)4/h1,7H,6,11H2,2-4H3,(H,12,15)(H,13,14). The van der Waals surface area contributed by atoms with Crippen LogP contribution in [0.4, 0.5) is 4.79 Å². The zero-order chi connectivity index (χ0) is 12.8. The number of hydrogen-bond donors (Lipinski definition) is 3. The van der Waals surface area contributed by atoms with E-state index in [1.54, 1.807) is 20.8 Å². The molecular weight excluding hydrogens is 210 g/mol. The Hall–Kier alpha value is -1.74. The Bertz CT molecular complexity index is 301. The van der Waals surface area contributed by atoms with Gasteiger partial charge in [-0.2, -0.15) is 0 Å². The normalized spacial score (nSPS) is 12.2. The number of hydrogen-bond acceptors (Lipinski definition) is 4. The molecule has 16 heavy (non-hydrogen) atoms. The van der Waals surface area contributed by atoms with Crippen LogP contribution in [0.1, 0.15) is 27.2 Å². The minimum atomic E-state index is -0.884. The number of hydrazine groups is 1. The molecule has 0 aromatic heterocycles. The predicted octanol–water partition coefficient (Wildman–Crippen LogP) is -0.107. The molecule has 0 aliphatic carbocycles. The summed E-state index contributed by atoms with van der Waals surface area (Å²) in [5.41, 5.74) is 1.28. The summed E-state index contributed by atoms with van der Waals surface area (Å²) < 4.78 is 4.97. The molecule has 4 N–H and O–H groups in total. The van der Waals surface area contributed by atoms with Crippen molar-refractivity contribution in [1.82, 2.24) is 10.7 Å². The summed E-state index contributed by atoms with van der Waals surface area (Å²) in [5.74, 6) is 6.64. The molecule has 0 bridgehead atoms. The van der Waals surface area contributed by atoms with Crippen molar-refractivity contribution in [3.8, 4) is 12.3 Å². The average molecular weight is 227 g/mol. The molecule has 6 nitrogen and oxygen atoms in total. The largest absolute Gasteiger partial charge is 0.444 e. The van der Waals surface area contributed by atoms with E-state index in [4.69, 9.17) is 17.0 Å². The van der Waals surface area contributed by atoms with Gasteiger partial charge in [-0.25, -0.2) is 10.6 Å². The van der Waals surface area contributed by atoms with Crippen LogP contribution in [-0.4, -0.2) is 23.6 Å². The summed E-state index contributed by atoms with van der Waals surface area (Å²) in [6, 6.07) is -0.884. The smallest absolute Gasteiger partial charge is 0.408 e. The number of alkyl carbamates (subject to hydrolysis) is 1. The van der Waals surface area contributed by atoms with Crippen molar-refractivity contribution in [1.29, 1.82) is 0 Å². The molecular formula is C10H17N3O3. The SMILES string of the molecule is C#CCC(NC(=O)OC(C)(C)C)C(=O)NN. The number of carbonyl (C=O) groups is 2. The lowest BCUT2D eigenvalue weighted by Gasteiger charge is -2.22. The summed E-state index contributed by atoms with van der Waals surface area (Å²) in [5, 5.41) is 2.33. The van der Waals surface area contributed by atoms with Crippen LogP contribution < -0.4 is 16.6 Å².